The monoisotopic (exact) mass is 379 g/mol. The fourth-order valence-corrected chi connectivity index (χ4v) is 4.45. The zero-order valence-corrected chi connectivity index (χ0v) is 15.5. The summed E-state index contributed by atoms with van der Waals surface area (Å²) in [5.74, 6) is 0.739. The average molecular weight is 379 g/mol. The molecule has 0 radical (unpaired) electrons. The Labute approximate surface area is 161 Å². The van der Waals surface area contributed by atoms with Gasteiger partial charge in [0.2, 0.25) is 0 Å². The highest BCUT2D eigenvalue weighted by atomic mass is 16.3. The lowest BCUT2D eigenvalue weighted by atomic mass is 9.85. The van der Waals surface area contributed by atoms with Crippen molar-refractivity contribution < 1.29 is 4.42 Å². The van der Waals surface area contributed by atoms with Crippen LogP contribution in [0.5, 0.6) is 0 Å². The number of nitrogens with zero attached hydrogens (tertiary/aromatic N) is 5. The molecule has 1 atom stereocenters. The number of likely N-dealkylation sites (tertiary alicyclic amines) is 1. The first-order valence-electron chi connectivity index (χ1n) is 9.50. The van der Waals surface area contributed by atoms with Crippen molar-refractivity contribution >= 4 is 0 Å². The molecule has 144 valence electrons. The fourth-order valence-electron chi connectivity index (χ4n) is 4.45. The molecule has 0 unspecified atom stereocenters. The van der Waals surface area contributed by atoms with Gasteiger partial charge in [-0.25, -0.2) is 4.68 Å². The lowest BCUT2D eigenvalue weighted by molar-refractivity contribution is 0.297. The molecule has 8 nitrogen and oxygen atoms in total. The molecule has 0 N–H and O–H groups in total. The van der Waals surface area contributed by atoms with Crippen LogP contribution in [0.3, 0.4) is 0 Å². The minimum absolute atomic E-state index is 0.178. The average Bonchev–Trinajstić information content (AvgIpc) is 3.44. The summed E-state index contributed by atoms with van der Waals surface area (Å²) in [4.78, 5) is 31.8. The van der Waals surface area contributed by atoms with Crippen LogP contribution < -0.4 is 11.1 Å². The van der Waals surface area contributed by atoms with Crippen LogP contribution in [-0.2, 0) is 25.0 Å². The summed E-state index contributed by atoms with van der Waals surface area (Å²) in [5.41, 5.74) is 0.607. The number of furan rings is 1. The van der Waals surface area contributed by atoms with Crippen LogP contribution in [-0.4, -0.2) is 37.3 Å². The third-order valence-electron chi connectivity index (χ3n) is 5.88. The van der Waals surface area contributed by atoms with Crippen molar-refractivity contribution in [3.63, 3.8) is 0 Å². The van der Waals surface area contributed by atoms with E-state index >= 15 is 0 Å². The minimum atomic E-state index is -0.584. The largest absolute Gasteiger partial charge is 0.472 e. The van der Waals surface area contributed by atoms with E-state index in [0.717, 1.165) is 43.9 Å². The van der Waals surface area contributed by atoms with E-state index in [4.69, 9.17) is 4.42 Å². The molecule has 2 aliphatic heterocycles. The molecule has 1 spiro atoms. The Morgan fingerprint density at radius 3 is 2.75 bits per heavy atom. The van der Waals surface area contributed by atoms with Gasteiger partial charge in [-0.2, -0.15) is 5.10 Å². The van der Waals surface area contributed by atoms with Crippen molar-refractivity contribution in [3.05, 3.63) is 80.8 Å². The second kappa shape index (κ2) is 6.56. The van der Waals surface area contributed by atoms with Crippen LogP contribution in [0.15, 0.2) is 57.0 Å². The zero-order valence-electron chi connectivity index (χ0n) is 15.5. The van der Waals surface area contributed by atoms with Crippen LogP contribution >= 0.6 is 0 Å². The molecule has 5 heterocycles. The molecule has 1 saturated heterocycles. The molecule has 5 rings (SSSR count). The van der Waals surface area contributed by atoms with E-state index in [0.29, 0.717) is 12.2 Å². The lowest BCUT2D eigenvalue weighted by Crippen LogP contribution is -2.45. The molecule has 3 aromatic rings. The molecular formula is C20H21N5O3. The van der Waals surface area contributed by atoms with Gasteiger partial charge < -0.3 is 4.42 Å². The van der Waals surface area contributed by atoms with Crippen LogP contribution in [0.4, 0.5) is 0 Å². The molecule has 8 heteroatoms. The maximum Gasteiger partial charge on any atom is 0.332 e. The number of hydrogen-bond donors (Lipinski definition) is 0. The highest BCUT2D eigenvalue weighted by Gasteiger charge is 2.47. The standard InChI is InChI=1S/C20H21N5O3/c26-17-18(27)25(12-16-3-1-2-7-21-16)22-19-20(6-9-24(17)19)5-8-23(14-20)11-15-4-10-28-13-15/h1-4,7,10,13H,5-6,8-9,11-12,14H2/t20-/m0/s1. The smallest absolute Gasteiger partial charge is 0.332 e. The second-order valence-corrected chi connectivity index (χ2v) is 7.69. The van der Waals surface area contributed by atoms with Crippen LogP contribution in [0.25, 0.3) is 0 Å². The quantitative estimate of drug-likeness (QED) is 0.629. The highest BCUT2D eigenvalue weighted by molar-refractivity contribution is 5.19. The lowest BCUT2D eigenvalue weighted by Gasteiger charge is -2.23. The summed E-state index contributed by atoms with van der Waals surface area (Å²) >= 11 is 0. The van der Waals surface area contributed by atoms with E-state index in [1.54, 1.807) is 23.3 Å². The summed E-state index contributed by atoms with van der Waals surface area (Å²) < 4.78 is 8.03. The third-order valence-corrected chi connectivity index (χ3v) is 5.88. The molecule has 2 aliphatic rings. The Morgan fingerprint density at radius 1 is 1.07 bits per heavy atom. The number of pyridine rings is 1. The molecule has 0 amide bonds. The van der Waals surface area contributed by atoms with Crippen molar-refractivity contribution in [2.45, 2.75) is 37.9 Å². The predicted molar refractivity (Wildman–Crippen MR) is 101 cm³/mol. The molecule has 0 aromatic carbocycles. The van der Waals surface area contributed by atoms with E-state index in [-0.39, 0.29) is 12.0 Å². The molecule has 3 aromatic heterocycles. The second-order valence-electron chi connectivity index (χ2n) is 7.69. The van der Waals surface area contributed by atoms with Gasteiger partial charge in [-0.3, -0.25) is 24.0 Å². The normalized spacial score (nSPS) is 21.4. The summed E-state index contributed by atoms with van der Waals surface area (Å²) in [5, 5.41) is 4.66. The molecule has 28 heavy (non-hydrogen) atoms. The molecule has 0 bridgehead atoms. The summed E-state index contributed by atoms with van der Waals surface area (Å²) in [6, 6.07) is 7.48. The van der Waals surface area contributed by atoms with Crippen molar-refractivity contribution in [1.29, 1.82) is 0 Å². The fraction of sp³-hybridized carbons (Fsp3) is 0.400. The Morgan fingerprint density at radius 2 is 1.96 bits per heavy atom. The van der Waals surface area contributed by atoms with Crippen molar-refractivity contribution in [3.8, 4) is 0 Å². The van der Waals surface area contributed by atoms with Gasteiger partial charge >= 0.3 is 11.1 Å². The molecule has 0 aliphatic carbocycles. The SMILES string of the molecule is O=c1c(=O)n2c(nn1Cc1ccccn1)[C@@]1(CCN(Cc3ccoc3)C1)CC2. The summed E-state index contributed by atoms with van der Waals surface area (Å²) in [7, 11) is 0. The Bertz CT molecular complexity index is 1100. The Balaban J connectivity index is 1.48. The van der Waals surface area contributed by atoms with E-state index in [1.165, 1.54) is 4.68 Å². The van der Waals surface area contributed by atoms with Crippen LogP contribution in [0.2, 0.25) is 0 Å². The molecule has 1 fully saturated rings. The summed E-state index contributed by atoms with van der Waals surface area (Å²) in [6.45, 7) is 3.33. The van der Waals surface area contributed by atoms with Crippen LogP contribution in [0.1, 0.15) is 29.9 Å². The molecular weight excluding hydrogens is 358 g/mol. The first kappa shape index (κ1) is 17.1. The van der Waals surface area contributed by atoms with Gasteiger partial charge in [0, 0.05) is 36.8 Å². The molecule has 0 saturated carbocycles. The van der Waals surface area contributed by atoms with Gasteiger partial charge in [0.15, 0.2) is 0 Å². The first-order valence-corrected chi connectivity index (χ1v) is 9.50. The number of rotatable bonds is 4. The third kappa shape index (κ3) is 2.80. The maximum absolute atomic E-state index is 12.7. The van der Waals surface area contributed by atoms with Gasteiger partial charge in [-0.15, -0.1) is 0 Å². The van der Waals surface area contributed by atoms with Gasteiger partial charge in [0.25, 0.3) is 0 Å². The summed E-state index contributed by atoms with van der Waals surface area (Å²) in [6.07, 6.45) is 6.89. The van der Waals surface area contributed by atoms with E-state index in [1.807, 2.05) is 24.3 Å². The van der Waals surface area contributed by atoms with Crippen molar-refractivity contribution in [2.75, 3.05) is 13.1 Å². The zero-order chi connectivity index (χ0) is 19.1. The first-order chi connectivity index (χ1) is 13.6. The highest BCUT2D eigenvalue weighted by Crippen LogP contribution is 2.40. The predicted octanol–water partition coefficient (Wildman–Crippen LogP) is 0.989. The van der Waals surface area contributed by atoms with E-state index in [9.17, 15) is 9.59 Å². The van der Waals surface area contributed by atoms with Crippen molar-refractivity contribution in [2.24, 2.45) is 0 Å². The number of aromatic nitrogens is 4. The minimum Gasteiger partial charge on any atom is -0.472 e. The van der Waals surface area contributed by atoms with E-state index < -0.39 is 11.1 Å². The Hall–Kier alpha value is -3.00. The van der Waals surface area contributed by atoms with Gasteiger partial charge in [-0.1, -0.05) is 6.07 Å². The Kier molecular flexibility index (Phi) is 4.01. The number of fused-ring (bicyclic) bond motifs is 2. The number of hydrogen-bond acceptors (Lipinski definition) is 6. The maximum atomic E-state index is 12.7. The van der Waals surface area contributed by atoms with Gasteiger partial charge in [0.1, 0.15) is 5.82 Å². The topological polar surface area (TPSA) is 86.2 Å². The van der Waals surface area contributed by atoms with Crippen molar-refractivity contribution in [1.82, 2.24) is 24.2 Å². The van der Waals surface area contributed by atoms with Gasteiger partial charge in [0.05, 0.1) is 24.8 Å². The van der Waals surface area contributed by atoms with Gasteiger partial charge in [-0.05, 0) is 37.6 Å². The van der Waals surface area contributed by atoms with Crippen LogP contribution in [0, 0.1) is 0 Å². The van der Waals surface area contributed by atoms with E-state index in [2.05, 4.69) is 15.0 Å².